The highest BCUT2D eigenvalue weighted by Gasteiger charge is 2.34. The summed E-state index contributed by atoms with van der Waals surface area (Å²) in [5.74, 6) is -0.260. The molecule has 19 heavy (non-hydrogen) atoms. The summed E-state index contributed by atoms with van der Waals surface area (Å²) < 4.78 is 43.6. The first-order chi connectivity index (χ1) is 8.97. The molecule has 1 nitrogen and oxygen atoms in total. The molecular weight excluding hydrogens is 277 g/mol. The quantitative estimate of drug-likeness (QED) is 0.777. The highest BCUT2D eigenvalue weighted by atomic mass is 35.5. The van der Waals surface area contributed by atoms with Crippen LogP contribution in [-0.2, 0) is 12.8 Å². The van der Waals surface area contributed by atoms with Gasteiger partial charge < -0.3 is 4.74 Å². The van der Waals surface area contributed by atoms with Crippen molar-refractivity contribution in [2.75, 3.05) is 0 Å². The smallest absolute Gasteiger partial charge is 0.419 e. The fraction of sp³-hybridized carbons (Fsp3) is 0.143. The Balaban J connectivity index is 2.22. The van der Waals surface area contributed by atoms with Crippen molar-refractivity contribution in [3.8, 4) is 5.75 Å². The summed E-state index contributed by atoms with van der Waals surface area (Å²) in [6.07, 6.45) is -4.46. The van der Waals surface area contributed by atoms with E-state index < -0.39 is 11.7 Å². The second-order valence-electron chi connectivity index (χ2n) is 3.91. The summed E-state index contributed by atoms with van der Waals surface area (Å²) in [5, 5.41) is 0.205. The van der Waals surface area contributed by atoms with Crippen LogP contribution in [0.3, 0.4) is 0 Å². The van der Waals surface area contributed by atoms with E-state index in [0.717, 1.165) is 11.6 Å². The zero-order valence-electron chi connectivity index (χ0n) is 9.75. The summed E-state index contributed by atoms with van der Waals surface area (Å²) in [7, 11) is 0. The van der Waals surface area contributed by atoms with E-state index in [0.29, 0.717) is 0 Å². The maximum Gasteiger partial charge on any atom is 0.419 e. The third kappa shape index (κ3) is 3.64. The molecular formula is C14H10ClF3O. The van der Waals surface area contributed by atoms with Gasteiger partial charge in [-0.3, -0.25) is 0 Å². The average Bonchev–Trinajstić information content (AvgIpc) is 2.36. The molecule has 0 fully saturated rings. The Kier molecular flexibility index (Phi) is 4.00. The lowest BCUT2D eigenvalue weighted by molar-refractivity contribution is -0.139. The van der Waals surface area contributed by atoms with Crippen LogP contribution in [0, 0.1) is 0 Å². The van der Waals surface area contributed by atoms with Gasteiger partial charge in [0.1, 0.15) is 12.4 Å². The molecule has 0 radical (unpaired) electrons. The third-order valence-electron chi connectivity index (χ3n) is 2.49. The van der Waals surface area contributed by atoms with E-state index in [-0.39, 0.29) is 17.4 Å². The van der Waals surface area contributed by atoms with Crippen LogP contribution in [0.25, 0.3) is 0 Å². The Labute approximate surface area is 113 Å². The zero-order chi connectivity index (χ0) is 13.9. The zero-order valence-corrected chi connectivity index (χ0v) is 10.5. The molecule has 0 N–H and O–H groups in total. The van der Waals surface area contributed by atoms with Gasteiger partial charge in [0.05, 0.1) is 5.56 Å². The number of hydrogen-bond donors (Lipinski definition) is 0. The van der Waals surface area contributed by atoms with Crippen molar-refractivity contribution in [1.29, 1.82) is 0 Å². The van der Waals surface area contributed by atoms with Crippen molar-refractivity contribution in [3.05, 3.63) is 64.7 Å². The number of rotatable bonds is 3. The number of hydrogen-bond acceptors (Lipinski definition) is 1. The van der Waals surface area contributed by atoms with Gasteiger partial charge in [-0.25, -0.2) is 0 Å². The molecule has 0 aromatic heterocycles. The lowest BCUT2D eigenvalue weighted by Crippen LogP contribution is -2.08. The Morgan fingerprint density at radius 3 is 2.32 bits per heavy atom. The number of alkyl halides is 3. The van der Waals surface area contributed by atoms with E-state index in [1.54, 1.807) is 24.3 Å². The third-order valence-corrected chi connectivity index (χ3v) is 2.72. The Morgan fingerprint density at radius 1 is 1.00 bits per heavy atom. The first-order valence-electron chi connectivity index (χ1n) is 5.50. The van der Waals surface area contributed by atoms with Gasteiger partial charge in [0.25, 0.3) is 0 Å². The molecule has 0 aliphatic rings. The summed E-state index contributed by atoms with van der Waals surface area (Å²) in [5.41, 5.74) is -0.0385. The molecule has 0 atom stereocenters. The molecule has 2 aromatic rings. The molecule has 0 heterocycles. The Morgan fingerprint density at radius 2 is 1.68 bits per heavy atom. The highest BCUT2D eigenvalue weighted by Crippen LogP contribution is 2.37. The minimum atomic E-state index is -4.46. The van der Waals surface area contributed by atoms with E-state index in [1.807, 2.05) is 6.07 Å². The van der Waals surface area contributed by atoms with Crippen molar-refractivity contribution in [3.63, 3.8) is 0 Å². The van der Waals surface area contributed by atoms with Gasteiger partial charge in [-0.05, 0) is 23.8 Å². The van der Waals surface area contributed by atoms with E-state index in [2.05, 4.69) is 0 Å². The topological polar surface area (TPSA) is 9.23 Å². The lowest BCUT2D eigenvalue weighted by Gasteiger charge is -2.14. The van der Waals surface area contributed by atoms with Crippen molar-refractivity contribution in [2.24, 2.45) is 0 Å². The largest absolute Gasteiger partial charge is 0.488 e. The summed E-state index contributed by atoms with van der Waals surface area (Å²) >= 11 is 5.70. The number of halogens is 4. The van der Waals surface area contributed by atoms with Crippen LogP contribution in [0.15, 0.2) is 48.5 Å². The SMILES string of the molecule is FC(F)(F)c1ccc(Cl)cc1OCc1ccccc1. The highest BCUT2D eigenvalue weighted by molar-refractivity contribution is 6.30. The molecule has 0 amide bonds. The van der Waals surface area contributed by atoms with Crippen LogP contribution in [0.4, 0.5) is 13.2 Å². The predicted octanol–water partition coefficient (Wildman–Crippen LogP) is 4.94. The molecule has 0 saturated carbocycles. The Hall–Kier alpha value is -1.68. The average molecular weight is 287 g/mol. The summed E-state index contributed by atoms with van der Waals surface area (Å²) in [6, 6.07) is 12.2. The predicted molar refractivity (Wildman–Crippen MR) is 67.2 cm³/mol. The standard InChI is InChI=1S/C14H10ClF3O/c15-11-6-7-12(14(16,17)18)13(8-11)19-9-10-4-2-1-3-5-10/h1-8H,9H2. The van der Waals surface area contributed by atoms with Crippen LogP contribution in [0.2, 0.25) is 5.02 Å². The van der Waals surface area contributed by atoms with Gasteiger partial charge in [0.15, 0.2) is 0 Å². The lowest BCUT2D eigenvalue weighted by atomic mass is 10.2. The first kappa shape index (κ1) is 13.7. The molecule has 100 valence electrons. The fourth-order valence-electron chi connectivity index (χ4n) is 1.59. The van der Waals surface area contributed by atoms with Crippen LogP contribution in [0.5, 0.6) is 5.75 Å². The van der Waals surface area contributed by atoms with Gasteiger partial charge in [0, 0.05) is 5.02 Å². The van der Waals surface area contributed by atoms with Crippen LogP contribution in [-0.4, -0.2) is 0 Å². The van der Waals surface area contributed by atoms with E-state index in [1.165, 1.54) is 12.1 Å². The molecule has 0 saturated heterocycles. The molecule has 5 heteroatoms. The van der Waals surface area contributed by atoms with Gasteiger partial charge >= 0.3 is 6.18 Å². The van der Waals surface area contributed by atoms with E-state index in [4.69, 9.17) is 16.3 Å². The minimum absolute atomic E-state index is 0.0598. The second-order valence-corrected chi connectivity index (χ2v) is 4.35. The van der Waals surface area contributed by atoms with Crippen molar-refractivity contribution >= 4 is 11.6 Å². The molecule has 0 unspecified atom stereocenters. The Bertz CT molecular complexity index is 552. The van der Waals surface area contributed by atoms with Crippen LogP contribution >= 0.6 is 11.6 Å². The maximum atomic E-state index is 12.8. The normalized spacial score (nSPS) is 11.4. The van der Waals surface area contributed by atoms with E-state index in [9.17, 15) is 13.2 Å². The molecule has 0 spiro atoms. The van der Waals surface area contributed by atoms with Crippen molar-refractivity contribution in [1.82, 2.24) is 0 Å². The van der Waals surface area contributed by atoms with Crippen LogP contribution < -0.4 is 4.74 Å². The van der Waals surface area contributed by atoms with Gasteiger partial charge in [-0.2, -0.15) is 13.2 Å². The number of ether oxygens (including phenoxy) is 1. The molecule has 0 aliphatic heterocycles. The molecule has 2 aromatic carbocycles. The van der Waals surface area contributed by atoms with Gasteiger partial charge in [-0.15, -0.1) is 0 Å². The summed E-state index contributed by atoms with van der Waals surface area (Å²) in [6.45, 7) is 0.0598. The summed E-state index contributed by atoms with van der Waals surface area (Å²) in [4.78, 5) is 0. The number of benzene rings is 2. The van der Waals surface area contributed by atoms with Crippen molar-refractivity contribution in [2.45, 2.75) is 12.8 Å². The van der Waals surface area contributed by atoms with Crippen LogP contribution in [0.1, 0.15) is 11.1 Å². The maximum absolute atomic E-state index is 12.8. The van der Waals surface area contributed by atoms with Gasteiger partial charge in [0.2, 0.25) is 0 Å². The fourth-order valence-corrected chi connectivity index (χ4v) is 1.75. The molecule has 0 bridgehead atoms. The molecule has 2 rings (SSSR count). The van der Waals surface area contributed by atoms with Crippen molar-refractivity contribution < 1.29 is 17.9 Å². The minimum Gasteiger partial charge on any atom is -0.488 e. The first-order valence-corrected chi connectivity index (χ1v) is 5.88. The van der Waals surface area contributed by atoms with E-state index >= 15 is 0 Å². The second kappa shape index (κ2) is 5.53. The monoisotopic (exact) mass is 286 g/mol. The molecule has 0 aliphatic carbocycles. The van der Waals surface area contributed by atoms with Gasteiger partial charge in [-0.1, -0.05) is 41.9 Å².